The van der Waals surface area contributed by atoms with Gasteiger partial charge in [-0.05, 0) is 49.7 Å². The van der Waals surface area contributed by atoms with Crippen LogP contribution in [0, 0.1) is 6.92 Å². The van der Waals surface area contributed by atoms with Crippen molar-refractivity contribution in [3.8, 4) is 0 Å². The SMILES string of the molecule is CC.CC.CC.Cc1ccccc1N1c2ccccc2N(c2ccccc2)C1C. The van der Waals surface area contributed by atoms with Crippen molar-refractivity contribution in [1.29, 1.82) is 0 Å². The Hall–Kier alpha value is -2.74. The Balaban J connectivity index is 0.000000644. The molecule has 1 atom stereocenters. The third kappa shape index (κ3) is 5.20. The van der Waals surface area contributed by atoms with E-state index >= 15 is 0 Å². The van der Waals surface area contributed by atoms with E-state index in [-0.39, 0.29) is 6.17 Å². The van der Waals surface area contributed by atoms with Gasteiger partial charge in [0.15, 0.2) is 0 Å². The maximum atomic E-state index is 2.43. The second-order valence-corrected chi connectivity index (χ2v) is 5.98. The second-order valence-electron chi connectivity index (χ2n) is 5.98. The van der Waals surface area contributed by atoms with Crippen LogP contribution in [-0.4, -0.2) is 6.17 Å². The zero-order chi connectivity index (χ0) is 21.8. The quantitative estimate of drug-likeness (QED) is 0.431. The summed E-state index contributed by atoms with van der Waals surface area (Å²) in [6.07, 6.45) is 0.232. The highest BCUT2D eigenvalue weighted by atomic mass is 15.4. The summed E-state index contributed by atoms with van der Waals surface area (Å²) in [5.41, 5.74) is 6.31. The monoisotopic (exact) mass is 390 g/mol. The molecule has 2 heteroatoms. The number of benzene rings is 3. The molecule has 3 aromatic carbocycles. The summed E-state index contributed by atoms with van der Waals surface area (Å²) in [6.45, 7) is 16.4. The number of anilines is 4. The third-order valence-electron chi connectivity index (χ3n) is 4.56. The van der Waals surface area contributed by atoms with Crippen LogP contribution in [0.1, 0.15) is 54.0 Å². The van der Waals surface area contributed by atoms with Gasteiger partial charge < -0.3 is 9.80 Å². The molecule has 0 spiro atoms. The molecular weight excluding hydrogens is 352 g/mol. The molecule has 4 rings (SSSR count). The van der Waals surface area contributed by atoms with Gasteiger partial charge in [-0.3, -0.25) is 0 Å². The number of fused-ring (bicyclic) bond motifs is 1. The van der Waals surface area contributed by atoms with Crippen LogP contribution < -0.4 is 9.80 Å². The van der Waals surface area contributed by atoms with E-state index < -0.39 is 0 Å². The summed E-state index contributed by atoms with van der Waals surface area (Å²) < 4.78 is 0. The lowest BCUT2D eigenvalue weighted by Gasteiger charge is -2.31. The van der Waals surface area contributed by atoms with Crippen molar-refractivity contribution in [3.63, 3.8) is 0 Å². The summed E-state index contributed by atoms with van der Waals surface area (Å²) in [5, 5.41) is 0. The van der Waals surface area contributed by atoms with Gasteiger partial charge in [-0.2, -0.15) is 0 Å². The molecule has 0 aliphatic carbocycles. The molecule has 0 fully saturated rings. The molecule has 0 saturated carbocycles. The van der Waals surface area contributed by atoms with Crippen LogP contribution in [0.4, 0.5) is 22.7 Å². The minimum absolute atomic E-state index is 0.232. The Morgan fingerprint density at radius 2 is 0.931 bits per heavy atom. The van der Waals surface area contributed by atoms with Gasteiger partial charge in [0.2, 0.25) is 0 Å². The predicted octanol–water partition coefficient (Wildman–Crippen LogP) is 8.71. The first-order valence-corrected chi connectivity index (χ1v) is 11.1. The number of nitrogens with zero attached hydrogens (tertiary/aromatic N) is 2. The Morgan fingerprint density at radius 3 is 1.45 bits per heavy atom. The molecule has 0 bridgehead atoms. The molecule has 1 heterocycles. The van der Waals surface area contributed by atoms with Crippen molar-refractivity contribution in [2.75, 3.05) is 9.80 Å². The van der Waals surface area contributed by atoms with E-state index in [1.54, 1.807) is 0 Å². The number of para-hydroxylation sites is 4. The minimum Gasteiger partial charge on any atom is -0.319 e. The van der Waals surface area contributed by atoms with Crippen molar-refractivity contribution >= 4 is 22.7 Å². The fourth-order valence-electron chi connectivity index (χ4n) is 3.50. The van der Waals surface area contributed by atoms with E-state index in [0.29, 0.717) is 0 Å². The fourth-order valence-corrected chi connectivity index (χ4v) is 3.50. The van der Waals surface area contributed by atoms with Gasteiger partial charge in [0.1, 0.15) is 6.17 Å². The van der Waals surface area contributed by atoms with E-state index in [2.05, 4.69) is 103 Å². The van der Waals surface area contributed by atoms with Crippen LogP contribution in [-0.2, 0) is 0 Å². The van der Waals surface area contributed by atoms with Gasteiger partial charge in [0, 0.05) is 11.4 Å². The van der Waals surface area contributed by atoms with E-state index in [1.807, 2.05) is 41.5 Å². The minimum atomic E-state index is 0.232. The van der Waals surface area contributed by atoms with E-state index in [0.717, 1.165) is 0 Å². The molecule has 0 N–H and O–H groups in total. The van der Waals surface area contributed by atoms with Crippen LogP contribution in [0.3, 0.4) is 0 Å². The lowest BCUT2D eigenvalue weighted by Crippen LogP contribution is -2.35. The second kappa shape index (κ2) is 12.7. The average molecular weight is 391 g/mol. The van der Waals surface area contributed by atoms with Crippen LogP contribution in [0.15, 0.2) is 78.9 Å². The van der Waals surface area contributed by atoms with Gasteiger partial charge in [-0.1, -0.05) is 90.1 Å². The van der Waals surface area contributed by atoms with Crippen LogP contribution in [0.25, 0.3) is 0 Å². The van der Waals surface area contributed by atoms with E-state index in [1.165, 1.54) is 28.3 Å². The molecule has 0 saturated heterocycles. The Bertz CT molecular complexity index is 827. The topological polar surface area (TPSA) is 6.48 Å². The maximum Gasteiger partial charge on any atom is 0.108 e. The molecule has 1 aliphatic heterocycles. The molecule has 0 aromatic heterocycles. The van der Waals surface area contributed by atoms with E-state index in [9.17, 15) is 0 Å². The first kappa shape index (κ1) is 24.3. The largest absolute Gasteiger partial charge is 0.319 e. The predicted molar refractivity (Wildman–Crippen MR) is 132 cm³/mol. The van der Waals surface area contributed by atoms with Gasteiger partial charge in [0.25, 0.3) is 0 Å². The third-order valence-corrected chi connectivity index (χ3v) is 4.56. The zero-order valence-corrected chi connectivity index (χ0v) is 19.5. The lowest BCUT2D eigenvalue weighted by molar-refractivity contribution is 0.759. The molecule has 0 amide bonds. The number of rotatable bonds is 2. The smallest absolute Gasteiger partial charge is 0.108 e. The van der Waals surface area contributed by atoms with Gasteiger partial charge in [-0.15, -0.1) is 0 Å². The lowest BCUT2D eigenvalue weighted by atomic mass is 10.1. The molecule has 156 valence electrons. The molecule has 29 heavy (non-hydrogen) atoms. The molecule has 3 aromatic rings. The summed E-state index contributed by atoms with van der Waals surface area (Å²) in [7, 11) is 0. The molecular formula is C27H38N2. The summed E-state index contributed by atoms with van der Waals surface area (Å²) in [4.78, 5) is 4.83. The van der Waals surface area contributed by atoms with Gasteiger partial charge in [-0.25, -0.2) is 0 Å². The fraction of sp³-hybridized carbons (Fsp3) is 0.333. The van der Waals surface area contributed by atoms with Crippen LogP contribution in [0.2, 0.25) is 0 Å². The normalized spacial score (nSPS) is 13.7. The Kier molecular flexibility index (Phi) is 10.6. The van der Waals surface area contributed by atoms with Gasteiger partial charge >= 0.3 is 0 Å². The Morgan fingerprint density at radius 1 is 0.517 bits per heavy atom. The molecule has 1 unspecified atom stereocenters. The molecule has 2 nitrogen and oxygen atoms in total. The highest BCUT2D eigenvalue weighted by molar-refractivity contribution is 5.88. The van der Waals surface area contributed by atoms with Gasteiger partial charge in [0.05, 0.1) is 11.4 Å². The first-order valence-electron chi connectivity index (χ1n) is 11.1. The first-order chi connectivity index (χ1) is 14.3. The number of aryl methyl sites for hydroxylation is 1. The Labute approximate surface area is 178 Å². The molecule has 1 aliphatic rings. The van der Waals surface area contributed by atoms with Crippen molar-refractivity contribution in [2.24, 2.45) is 0 Å². The summed E-state index contributed by atoms with van der Waals surface area (Å²) in [6, 6.07) is 27.9. The van der Waals surface area contributed by atoms with Crippen molar-refractivity contribution < 1.29 is 0 Å². The van der Waals surface area contributed by atoms with Crippen molar-refractivity contribution in [1.82, 2.24) is 0 Å². The number of hydrogen-bond donors (Lipinski definition) is 0. The van der Waals surface area contributed by atoms with Crippen LogP contribution in [0.5, 0.6) is 0 Å². The van der Waals surface area contributed by atoms with Crippen molar-refractivity contribution in [2.45, 2.75) is 61.6 Å². The number of hydrogen-bond acceptors (Lipinski definition) is 2. The van der Waals surface area contributed by atoms with E-state index in [4.69, 9.17) is 0 Å². The highest BCUT2D eigenvalue weighted by Gasteiger charge is 2.34. The summed E-state index contributed by atoms with van der Waals surface area (Å²) >= 11 is 0. The van der Waals surface area contributed by atoms with Crippen molar-refractivity contribution in [3.05, 3.63) is 84.4 Å². The van der Waals surface area contributed by atoms with Crippen LogP contribution >= 0.6 is 0 Å². The average Bonchev–Trinajstić information content (AvgIpc) is 3.10. The maximum absolute atomic E-state index is 2.43. The zero-order valence-electron chi connectivity index (χ0n) is 19.5. The standard InChI is InChI=1S/C21H20N2.3C2H6/c1-16-10-6-7-13-19(16)23-17(2)22(18-11-4-3-5-12-18)20-14-8-9-15-21(20)23;3*1-2/h3-15,17H,1-2H3;3*1-2H3. The highest BCUT2D eigenvalue weighted by Crippen LogP contribution is 2.47. The molecule has 0 radical (unpaired) electrons. The summed E-state index contributed by atoms with van der Waals surface area (Å²) in [5.74, 6) is 0.